The van der Waals surface area contributed by atoms with E-state index in [0.717, 1.165) is 53.7 Å². The van der Waals surface area contributed by atoms with Crippen molar-refractivity contribution in [3.63, 3.8) is 0 Å². The predicted octanol–water partition coefficient (Wildman–Crippen LogP) is 6.80. The van der Waals surface area contributed by atoms with Gasteiger partial charge < -0.3 is 25.1 Å². The van der Waals surface area contributed by atoms with Gasteiger partial charge in [-0.2, -0.15) is 5.10 Å². The quantitative estimate of drug-likeness (QED) is 0.150. The van der Waals surface area contributed by atoms with E-state index >= 15 is 0 Å². The van der Waals surface area contributed by atoms with Crippen LogP contribution >= 0.6 is 0 Å². The SMILES string of the molecule is Cc1cc(-n2ncc(C(=O)c3cc4cc(OC5CCN(C(C)C)CC5)c(C5CCN(S(C)(=O)=O)CC5)cc4[nH]3)c2N)ccc1Oc1ccccc1F. The average molecular weight is 729 g/mol. The van der Waals surface area contributed by atoms with E-state index in [0.29, 0.717) is 49.1 Å². The van der Waals surface area contributed by atoms with E-state index in [4.69, 9.17) is 15.2 Å². The molecule has 0 unspecified atom stereocenters. The van der Waals surface area contributed by atoms with Crippen molar-refractivity contribution in [1.29, 1.82) is 0 Å². The number of sulfonamides is 1. The molecule has 2 fully saturated rings. The van der Waals surface area contributed by atoms with Crippen LogP contribution in [0.2, 0.25) is 0 Å². The van der Waals surface area contributed by atoms with Gasteiger partial charge in [0.25, 0.3) is 0 Å². The van der Waals surface area contributed by atoms with Crippen LogP contribution in [0.3, 0.4) is 0 Å². The topological polar surface area (TPSA) is 136 Å². The number of fused-ring (bicyclic) bond motifs is 1. The number of benzene rings is 3. The van der Waals surface area contributed by atoms with Gasteiger partial charge in [-0.25, -0.2) is 21.8 Å². The zero-order valence-corrected chi connectivity index (χ0v) is 30.7. The number of likely N-dealkylation sites (tertiary alicyclic amines) is 1. The number of nitrogen functional groups attached to an aromatic ring is 1. The number of ketones is 1. The molecule has 274 valence electrons. The van der Waals surface area contributed by atoms with Crippen molar-refractivity contribution in [2.75, 3.05) is 38.2 Å². The van der Waals surface area contributed by atoms with Gasteiger partial charge in [-0.15, -0.1) is 0 Å². The summed E-state index contributed by atoms with van der Waals surface area (Å²) in [6.45, 7) is 9.10. The predicted molar refractivity (Wildman–Crippen MR) is 200 cm³/mol. The highest BCUT2D eigenvalue weighted by molar-refractivity contribution is 7.88. The van der Waals surface area contributed by atoms with Crippen molar-refractivity contribution in [2.24, 2.45) is 0 Å². The molecule has 52 heavy (non-hydrogen) atoms. The zero-order chi connectivity index (χ0) is 36.7. The molecule has 2 aromatic heterocycles. The van der Waals surface area contributed by atoms with Crippen LogP contribution in [0.15, 0.2) is 66.9 Å². The molecule has 5 aromatic rings. The maximum Gasteiger partial charge on any atom is 0.214 e. The third kappa shape index (κ3) is 7.30. The number of ether oxygens (including phenoxy) is 2. The van der Waals surface area contributed by atoms with Crippen LogP contribution < -0.4 is 15.2 Å². The van der Waals surface area contributed by atoms with Gasteiger partial charge in [0.2, 0.25) is 15.8 Å². The van der Waals surface area contributed by atoms with Crippen molar-refractivity contribution in [3.05, 3.63) is 95.1 Å². The number of halogens is 1. The number of para-hydroxylation sites is 1. The molecule has 2 aliphatic rings. The van der Waals surface area contributed by atoms with Crippen LogP contribution in [0.5, 0.6) is 17.2 Å². The summed E-state index contributed by atoms with van der Waals surface area (Å²) in [4.78, 5) is 19.7. The third-order valence-electron chi connectivity index (χ3n) is 10.4. The first-order valence-corrected chi connectivity index (χ1v) is 19.6. The van der Waals surface area contributed by atoms with E-state index in [-0.39, 0.29) is 34.9 Å². The Balaban J connectivity index is 1.15. The first-order valence-electron chi connectivity index (χ1n) is 17.8. The Morgan fingerprint density at radius 1 is 0.962 bits per heavy atom. The minimum absolute atomic E-state index is 0.0664. The molecule has 0 amide bonds. The smallest absolute Gasteiger partial charge is 0.214 e. The Hall–Kier alpha value is -4.72. The molecule has 4 heterocycles. The summed E-state index contributed by atoms with van der Waals surface area (Å²) in [5.41, 5.74) is 10.3. The first-order chi connectivity index (χ1) is 24.9. The lowest BCUT2D eigenvalue weighted by molar-refractivity contribution is 0.0832. The highest BCUT2D eigenvalue weighted by Gasteiger charge is 2.30. The maximum atomic E-state index is 14.2. The number of hydrogen-bond donors (Lipinski definition) is 2. The van der Waals surface area contributed by atoms with Gasteiger partial charge in [-0.1, -0.05) is 12.1 Å². The lowest BCUT2D eigenvalue weighted by atomic mass is 9.89. The van der Waals surface area contributed by atoms with E-state index in [1.165, 1.54) is 27.5 Å². The van der Waals surface area contributed by atoms with Crippen LogP contribution in [0.25, 0.3) is 16.6 Å². The Bertz CT molecular complexity index is 2220. The zero-order valence-electron chi connectivity index (χ0n) is 29.9. The summed E-state index contributed by atoms with van der Waals surface area (Å²) in [6, 6.07) is 17.9. The molecule has 0 aliphatic carbocycles. The molecule has 11 nitrogen and oxygen atoms in total. The first kappa shape index (κ1) is 35.7. The number of nitrogens with zero attached hydrogens (tertiary/aromatic N) is 4. The summed E-state index contributed by atoms with van der Waals surface area (Å²) in [5.74, 6) is 0.924. The second kappa shape index (κ2) is 14.4. The fourth-order valence-corrected chi connectivity index (χ4v) is 8.19. The van der Waals surface area contributed by atoms with Gasteiger partial charge in [-0.05, 0) is 112 Å². The number of nitrogens with two attached hydrogens (primary N) is 1. The van der Waals surface area contributed by atoms with Crippen molar-refractivity contribution < 1.29 is 27.1 Å². The molecule has 0 radical (unpaired) electrons. The summed E-state index contributed by atoms with van der Waals surface area (Å²) in [6.07, 6.45) is 5.98. The molecular formula is C39H45FN6O5S. The van der Waals surface area contributed by atoms with Crippen molar-refractivity contribution in [1.82, 2.24) is 24.0 Å². The van der Waals surface area contributed by atoms with Crippen molar-refractivity contribution in [3.8, 4) is 22.9 Å². The van der Waals surface area contributed by atoms with Crippen LogP contribution in [0.1, 0.15) is 72.6 Å². The van der Waals surface area contributed by atoms with E-state index in [1.54, 1.807) is 30.3 Å². The lowest BCUT2D eigenvalue weighted by Crippen LogP contribution is -2.42. The Kier molecular flexibility index (Phi) is 9.85. The number of aryl methyl sites for hydroxylation is 1. The molecule has 13 heteroatoms. The highest BCUT2D eigenvalue weighted by atomic mass is 32.2. The molecule has 3 aromatic carbocycles. The Morgan fingerprint density at radius 2 is 1.69 bits per heavy atom. The number of piperidine rings is 2. The van der Waals surface area contributed by atoms with E-state index in [9.17, 15) is 17.6 Å². The van der Waals surface area contributed by atoms with E-state index in [1.807, 2.05) is 25.1 Å². The van der Waals surface area contributed by atoms with Crippen LogP contribution in [0.4, 0.5) is 10.2 Å². The van der Waals surface area contributed by atoms with Gasteiger partial charge in [0.05, 0.1) is 29.4 Å². The largest absolute Gasteiger partial charge is 0.490 e. The van der Waals surface area contributed by atoms with Gasteiger partial charge >= 0.3 is 0 Å². The average Bonchev–Trinajstić information content (AvgIpc) is 3.72. The normalized spacial score (nSPS) is 16.9. The molecule has 0 saturated carbocycles. The summed E-state index contributed by atoms with van der Waals surface area (Å²) in [5, 5.41) is 5.27. The van der Waals surface area contributed by atoms with Gasteiger partial charge in [0.15, 0.2) is 11.6 Å². The molecule has 2 aliphatic heterocycles. The van der Waals surface area contributed by atoms with E-state index < -0.39 is 15.8 Å². The second-order valence-electron chi connectivity index (χ2n) is 14.2. The second-order valence-corrected chi connectivity index (χ2v) is 16.2. The molecule has 7 rings (SSSR count). The standard InChI is InChI=1S/C39H45FN6O5S/c1-24(2)44-15-13-29(14-16-44)50-37-21-27-20-34(43-33(27)22-30(37)26-11-17-45(18-12-26)52(4,48)49)38(47)31-23-42-46(39(31)41)28-9-10-35(25(3)19-28)51-36-8-6-5-7-32(36)40/h5-10,19-24,26,29,43H,11-18,41H2,1-4H3. The molecule has 3 N–H and O–H groups in total. The molecule has 2 saturated heterocycles. The monoisotopic (exact) mass is 728 g/mol. The van der Waals surface area contributed by atoms with Gasteiger partial charge in [-0.3, -0.25) is 4.79 Å². The molecule has 0 spiro atoms. The summed E-state index contributed by atoms with van der Waals surface area (Å²) >= 11 is 0. The summed E-state index contributed by atoms with van der Waals surface area (Å²) in [7, 11) is -3.26. The number of rotatable bonds is 10. The number of H-pyrrole nitrogens is 1. The summed E-state index contributed by atoms with van der Waals surface area (Å²) < 4.78 is 54.2. The minimum Gasteiger partial charge on any atom is -0.490 e. The lowest BCUT2D eigenvalue weighted by Gasteiger charge is -2.36. The number of aromatic nitrogens is 3. The van der Waals surface area contributed by atoms with Crippen LogP contribution in [-0.4, -0.2) is 82.8 Å². The van der Waals surface area contributed by atoms with Gasteiger partial charge in [0, 0.05) is 43.1 Å². The Labute approximate surface area is 303 Å². The van der Waals surface area contributed by atoms with Crippen LogP contribution in [0, 0.1) is 12.7 Å². The number of carbonyl (C=O) groups is 1. The number of anilines is 1. The fraction of sp³-hybridized carbons (Fsp3) is 0.385. The fourth-order valence-electron chi connectivity index (χ4n) is 7.32. The number of nitrogens with one attached hydrogen (secondary N) is 1. The van der Waals surface area contributed by atoms with E-state index in [2.05, 4.69) is 34.9 Å². The number of carbonyl (C=O) groups excluding carboxylic acids is 1. The highest BCUT2D eigenvalue weighted by Crippen LogP contribution is 2.39. The van der Waals surface area contributed by atoms with Crippen molar-refractivity contribution >= 4 is 32.5 Å². The number of hydrogen-bond acceptors (Lipinski definition) is 8. The van der Waals surface area contributed by atoms with Gasteiger partial charge in [0.1, 0.15) is 23.4 Å². The number of aromatic amines is 1. The molecule has 0 bridgehead atoms. The minimum atomic E-state index is -3.26. The maximum absolute atomic E-state index is 14.2. The molecular weight excluding hydrogens is 684 g/mol. The Morgan fingerprint density at radius 3 is 2.37 bits per heavy atom. The van der Waals surface area contributed by atoms with Crippen molar-refractivity contribution in [2.45, 2.75) is 64.5 Å². The molecule has 0 atom stereocenters. The third-order valence-corrected chi connectivity index (χ3v) is 11.7. The van der Waals surface area contributed by atoms with Crippen LogP contribution in [-0.2, 0) is 10.0 Å².